The summed E-state index contributed by atoms with van der Waals surface area (Å²) in [5.41, 5.74) is 0.850. The van der Waals surface area contributed by atoms with Crippen molar-refractivity contribution < 1.29 is 27.4 Å². The fraction of sp³-hybridized carbons (Fsp3) is 0.320. The van der Waals surface area contributed by atoms with Crippen molar-refractivity contribution in [1.82, 2.24) is 15.1 Å². The van der Waals surface area contributed by atoms with Crippen molar-refractivity contribution in [3.63, 3.8) is 0 Å². The van der Waals surface area contributed by atoms with Gasteiger partial charge in [0.1, 0.15) is 11.5 Å². The first kappa shape index (κ1) is 24.3. The smallest absolute Gasteiger partial charge is 0.416 e. The summed E-state index contributed by atoms with van der Waals surface area (Å²) in [6.45, 7) is 3.53. The number of carbonyl (C=O) groups is 1. The van der Waals surface area contributed by atoms with Crippen molar-refractivity contribution in [2.75, 3.05) is 38.2 Å². The topological polar surface area (TPSA) is 67.8 Å². The van der Waals surface area contributed by atoms with Crippen LogP contribution in [0, 0.1) is 0 Å². The molecule has 7 nitrogen and oxygen atoms in total. The van der Waals surface area contributed by atoms with Crippen molar-refractivity contribution in [3.8, 4) is 22.8 Å². The molecule has 3 aromatic rings. The molecule has 0 bridgehead atoms. The number of ether oxygens (including phenoxy) is 2. The van der Waals surface area contributed by atoms with Gasteiger partial charge in [0, 0.05) is 31.7 Å². The zero-order valence-electron chi connectivity index (χ0n) is 19.3. The third-order valence-electron chi connectivity index (χ3n) is 5.77. The SMILES string of the molecule is COc1ccc(-c2ccc(N3CCN(C(=O)C(C)Oc4cccc(C(F)(F)F)c4)CC3)nn2)cc1. The van der Waals surface area contributed by atoms with E-state index in [0.717, 1.165) is 29.1 Å². The number of benzene rings is 2. The molecule has 1 saturated heterocycles. The lowest BCUT2D eigenvalue weighted by atomic mass is 10.1. The molecule has 1 aliphatic heterocycles. The Labute approximate surface area is 201 Å². The second-order valence-corrected chi connectivity index (χ2v) is 8.10. The molecule has 0 N–H and O–H groups in total. The quantitative estimate of drug-likeness (QED) is 0.518. The summed E-state index contributed by atoms with van der Waals surface area (Å²) in [6.07, 6.45) is -5.38. The third-order valence-corrected chi connectivity index (χ3v) is 5.77. The lowest BCUT2D eigenvalue weighted by molar-refractivity contribution is -0.138. The maximum atomic E-state index is 12.9. The maximum absolute atomic E-state index is 12.9. The maximum Gasteiger partial charge on any atom is 0.416 e. The molecule has 4 rings (SSSR count). The van der Waals surface area contributed by atoms with Crippen LogP contribution in [0.15, 0.2) is 60.7 Å². The van der Waals surface area contributed by atoms with E-state index in [1.807, 2.05) is 41.3 Å². The normalized spacial score (nSPS) is 15.0. The number of methoxy groups -OCH3 is 1. The number of piperazine rings is 1. The molecule has 0 radical (unpaired) electrons. The molecule has 184 valence electrons. The number of rotatable bonds is 6. The van der Waals surface area contributed by atoms with Gasteiger partial charge < -0.3 is 19.3 Å². The predicted molar refractivity (Wildman–Crippen MR) is 124 cm³/mol. The predicted octanol–water partition coefficient (Wildman–Crippen LogP) is 4.29. The number of anilines is 1. The Balaban J connectivity index is 1.32. The lowest BCUT2D eigenvalue weighted by Gasteiger charge is -2.36. The van der Waals surface area contributed by atoms with Crippen LogP contribution in [0.5, 0.6) is 11.5 Å². The van der Waals surface area contributed by atoms with E-state index in [1.165, 1.54) is 12.1 Å². The Bertz CT molecular complexity index is 1150. The molecule has 1 atom stereocenters. The van der Waals surface area contributed by atoms with E-state index >= 15 is 0 Å². The monoisotopic (exact) mass is 486 g/mol. The first-order chi connectivity index (χ1) is 16.7. The molecular formula is C25H25F3N4O3. The summed E-state index contributed by atoms with van der Waals surface area (Å²) in [6, 6.07) is 15.9. The highest BCUT2D eigenvalue weighted by Crippen LogP contribution is 2.31. The molecule has 1 unspecified atom stereocenters. The summed E-state index contributed by atoms with van der Waals surface area (Å²) in [4.78, 5) is 16.5. The lowest BCUT2D eigenvalue weighted by Crippen LogP contribution is -2.52. The molecule has 2 heterocycles. The van der Waals surface area contributed by atoms with E-state index in [-0.39, 0.29) is 11.7 Å². The number of aromatic nitrogens is 2. The van der Waals surface area contributed by atoms with Gasteiger partial charge in [0.25, 0.3) is 5.91 Å². The largest absolute Gasteiger partial charge is 0.497 e. The minimum absolute atomic E-state index is 0.00605. The number of hydrogen-bond donors (Lipinski definition) is 0. The molecule has 1 aromatic heterocycles. The minimum Gasteiger partial charge on any atom is -0.497 e. The fourth-order valence-corrected chi connectivity index (χ4v) is 3.82. The fourth-order valence-electron chi connectivity index (χ4n) is 3.82. The average molecular weight is 486 g/mol. The van der Waals surface area contributed by atoms with Crippen LogP contribution in [-0.2, 0) is 11.0 Å². The Kier molecular flexibility index (Phi) is 7.09. The van der Waals surface area contributed by atoms with Gasteiger partial charge in [-0.15, -0.1) is 10.2 Å². The molecule has 0 saturated carbocycles. The Morgan fingerprint density at radius 3 is 2.26 bits per heavy atom. The van der Waals surface area contributed by atoms with Crippen LogP contribution in [0.3, 0.4) is 0 Å². The number of nitrogens with zero attached hydrogens (tertiary/aromatic N) is 4. The molecule has 1 aliphatic rings. The number of amides is 1. The third kappa shape index (κ3) is 5.82. The van der Waals surface area contributed by atoms with Crippen molar-refractivity contribution in [1.29, 1.82) is 0 Å². The van der Waals surface area contributed by atoms with Gasteiger partial charge in [0.15, 0.2) is 11.9 Å². The van der Waals surface area contributed by atoms with E-state index in [4.69, 9.17) is 9.47 Å². The second kappa shape index (κ2) is 10.2. The van der Waals surface area contributed by atoms with E-state index in [1.54, 1.807) is 18.9 Å². The van der Waals surface area contributed by atoms with E-state index < -0.39 is 17.8 Å². The van der Waals surface area contributed by atoms with E-state index in [2.05, 4.69) is 10.2 Å². The Morgan fingerprint density at radius 1 is 0.943 bits per heavy atom. The van der Waals surface area contributed by atoms with Crippen LogP contribution in [0.2, 0.25) is 0 Å². The standard InChI is InChI=1S/C25H25F3N4O3/c1-17(35-21-5-3-4-19(16-21)25(26,27)28)24(33)32-14-12-31(13-15-32)23-11-10-22(29-30-23)18-6-8-20(34-2)9-7-18/h3-11,16-17H,12-15H2,1-2H3. The van der Waals surface area contributed by atoms with Gasteiger partial charge in [0.05, 0.1) is 18.4 Å². The molecule has 35 heavy (non-hydrogen) atoms. The average Bonchev–Trinajstić information content (AvgIpc) is 2.88. The van der Waals surface area contributed by atoms with Crippen LogP contribution < -0.4 is 14.4 Å². The zero-order valence-corrected chi connectivity index (χ0v) is 19.3. The van der Waals surface area contributed by atoms with Gasteiger partial charge in [-0.1, -0.05) is 6.07 Å². The highest BCUT2D eigenvalue weighted by Gasteiger charge is 2.31. The molecule has 1 fully saturated rings. The van der Waals surface area contributed by atoms with Crippen molar-refractivity contribution >= 4 is 11.7 Å². The molecule has 1 amide bonds. The number of halogens is 3. The summed E-state index contributed by atoms with van der Waals surface area (Å²) in [5.74, 6) is 1.21. The first-order valence-electron chi connectivity index (χ1n) is 11.1. The van der Waals surface area contributed by atoms with Gasteiger partial charge in [0.2, 0.25) is 0 Å². The number of carbonyl (C=O) groups excluding carboxylic acids is 1. The summed E-state index contributed by atoms with van der Waals surface area (Å²) in [5, 5.41) is 8.65. The van der Waals surface area contributed by atoms with Gasteiger partial charge in [-0.05, 0) is 61.5 Å². The van der Waals surface area contributed by atoms with E-state index in [9.17, 15) is 18.0 Å². The minimum atomic E-state index is -4.47. The van der Waals surface area contributed by atoms with Crippen LogP contribution >= 0.6 is 0 Å². The van der Waals surface area contributed by atoms with Gasteiger partial charge in [-0.3, -0.25) is 4.79 Å². The van der Waals surface area contributed by atoms with Gasteiger partial charge in [-0.2, -0.15) is 13.2 Å². The first-order valence-corrected chi connectivity index (χ1v) is 11.1. The van der Waals surface area contributed by atoms with Crippen molar-refractivity contribution in [2.24, 2.45) is 0 Å². The van der Waals surface area contributed by atoms with Crippen molar-refractivity contribution in [2.45, 2.75) is 19.2 Å². The van der Waals surface area contributed by atoms with Gasteiger partial charge >= 0.3 is 6.18 Å². The number of alkyl halides is 3. The second-order valence-electron chi connectivity index (χ2n) is 8.10. The molecule has 2 aromatic carbocycles. The molecule has 0 spiro atoms. The number of hydrogen-bond acceptors (Lipinski definition) is 6. The molecule has 10 heteroatoms. The molecular weight excluding hydrogens is 461 g/mol. The Hall–Kier alpha value is -3.82. The van der Waals surface area contributed by atoms with Crippen LogP contribution in [0.25, 0.3) is 11.3 Å². The zero-order chi connectivity index (χ0) is 25.0. The summed E-state index contributed by atoms with van der Waals surface area (Å²) in [7, 11) is 1.61. The Morgan fingerprint density at radius 2 is 1.66 bits per heavy atom. The summed E-state index contributed by atoms with van der Waals surface area (Å²) >= 11 is 0. The highest BCUT2D eigenvalue weighted by atomic mass is 19.4. The van der Waals surface area contributed by atoms with Crippen LogP contribution in [-0.4, -0.2) is 60.4 Å². The van der Waals surface area contributed by atoms with Gasteiger partial charge in [-0.25, -0.2) is 0 Å². The van der Waals surface area contributed by atoms with Crippen LogP contribution in [0.1, 0.15) is 12.5 Å². The van der Waals surface area contributed by atoms with E-state index in [0.29, 0.717) is 32.0 Å². The van der Waals surface area contributed by atoms with Crippen LogP contribution in [0.4, 0.5) is 19.0 Å². The molecule has 0 aliphatic carbocycles. The highest BCUT2D eigenvalue weighted by molar-refractivity contribution is 5.81. The van der Waals surface area contributed by atoms with Crippen molar-refractivity contribution in [3.05, 3.63) is 66.2 Å². The summed E-state index contributed by atoms with van der Waals surface area (Å²) < 4.78 is 49.4.